The molecule has 0 aliphatic carbocycles. The third-order valence-corrected chi connectivity index (χ3v) is 3.32. The quantitative estimate of drug-likeness (QED) is 0.757. The zero-order valence-electron chi connectivity index (χ0n) is 12.0. The summed E-state index contributed by atoms with van der Waals surface area (Å²) in [6, 6.07) is 3.56. The van der Waals surface area contributed by atoms with Gasteiger partial charge in [0.05, 0.1) is 18.3 Å². The number of nitrogens with two attached hydrogens (primary N) is 1. The van der Waals surface area contributed by atoms with Crippen LogP contribution in [-0.4, -0.2) is 17.4 Å². The molecule has 1 amide bonds. The Kier molecular flexibility index (Phi) is 6.93. The molecule has 0 aliphatic rings. The van der Waals surface area contributed by atoms with Crippen LogP contribution in [0.25, 0.3) is 0 Å². The van der Waals surface area contributed by atoms with E-state index in [1.165, 1.54) is 19.3 Å². The Bertz CT molecular complexity index is 375. The van der Waals surface area contributed by atoms with Crippen LogP contribution in [0.1, 0.15) is 45.2 Å². The Balaban J connectivity index is 2.32. The van der Waals surface area contributed by atoms with Crippen molar-refractivity contribution in [2.24, 2.45) is 5.92 Å². The lowest BCUT2D eigenvalue weighted by molar-refractivity contribution is -0.120. The van der Waals surface area contributed by atoms with E-state index in [0.29, 0.717) is 18.0 Å². The molecule has 4 heteroatoms. The maximum atomic E-state index is 11.8. The van der Waals surface area contributed by atoms with Crippen LogP contribution in [-0.2, 0) is 11.2 Å². The third-order valence-electron chi connectivity index (χ3n) is 3.32. The summed E-state index contributed by atoms with van der Waals surface area (Å²) in [6.45, 7) is 5.14. The van der Waals surface area contributed by atoms with E-state index in [-0.39, 0.29) is 5.91 Å². The van der Waals surface area contributed by atoms with Gasteiger partial charge in [-0.1, -0.05) is 33.1 Å². The van der Waals surface area contributed by atoms with Crippen molar-refractivity contribution >= 4 is 11.6 Å². The van der Waals surface area contributed by atoms with Gasteiger partial charge in [-0.3, -0.25) is 9.78 Å². The molecule has 0 fully saturated rings. The Morgan fingerprint density at radius 1 is 1.42 bits per heavy atom. The lowest BCUT2D eigenvalue weighted by atomic mass is 9.99. The molecule has 0 saturated heterocycles. The number of nitrogens with one attached hydrogen (secondary N) is 1. The van der Waals surface area contributed by atoms with Crippen LogP contribution in [0.5, 0.6) is 0 Å². The molecule has 1 heterocycles. The summed E-state index contributed by atoms with van der Waals surface area (Å²) in [4.78, 5) is 15.9. The van der Waals surface area contributed by atoms with Crippen molar-refractivity contribution in [1.82, 2.24) is 10.3 Å². The predicted octanol–water partition coefficient (Wildman–Crippen LogP) is 2.54. The monoisotopic (exact) mass is 263 g/mol. The molecule has 19 heavy (non-hydrogen) atoms. The Labute approximate surface area is 115 Å². The fourth-order valence-corrected chi connectivity index (χ4v) is 1.97. The van der Waals surface area contributed by atoms with E-state index in [1.54, 1.807) is 18.3 Å². The number of unbranched alkanes of at least 4 members (excludes halogenated alkanes) is 1. The Morgan fingerprint density at radius 2 is 2.21 bits per heavy atom. The van der Waals surface area contributed by atoms with E-state index in [1.807, 2.05) is 0 Å². The minimum atomic E-state index is 0.0345. The number of nitrogen functional groups attached to an aromatic ring is 1. The minimum absolute atomic E-state index is 0.0345. The van der Waals surface area contributed by atoms with Crippen LogP contribution < -0.4 is 11.1 Å². The van der Waals surface area contributed by atoms with Gasteiger partial charge in [0.15, 0.2) is 0 Å². The van der Waals surface area contributed by atoms with E-state index < -0.39 is 0 Å². The van der Waals surface area contributed by atoms with E-state index in [2.05, 4.69) is 24.1 Å². The molecule has 1 atom stereocenters. The van der Waals surface area contributed by atoms with E-state index in [0.717, 1.165) is 18.7 Å². The smallest absolute Gasteiger partial charge is 0.226 e. The average molecular weight is 263 g/mol. The zero-order chi connectivity index (χ0) is 14.1. The van der Waals surface area contributed by atoms with Gasteiger partial charge in [0.2, 0.25) is 5.91 Å². The summed E-state index contributed by atoms with van der Waals surface area (Å²) >= 11 is 0. The van der Waals surface area contributed by atoms with Gasteiger partial charge in [0.1, 0.15) is 0 Å². The number of amides is 1. The van der Waals surface area contributed by atoms with Crippen LogP contribution in [0, 0.1) is 5.92 Å². The number of hydrogen-bond donors (Lipinski definition) is 2. The maximum Gasteiger partial charge on any atom is 0.226 e. The lowest BCUT2D eigenvalue weighted by Crippen LogP contribution is -2.30. The maximum absolute atomic E-state index is 11.8. The number of pyridine rings is 1. The summed E-state index contributed by atoms with van der Waals surface area (Å²) in [6.07, 6.45) is 6.64. The van der Waals surface area contributed by atoms with Crippen molar-refractivity contribution in [2.75, 3.05) is 12.3 Å². The van der Waals surface area contributed by atoms with Gasteiger partial charge in [0, 0.05) is 12.2 Å². The molecule has 106 valence electrons. The first kappa shape index (κ1) is 15.5. The first-order chi connectivity index (χ1) is 9.15. The highest BCUT2D eigenvalue weighted by molar-refractivity contribution is 5.78. The molecule has 1 rings (SSSR count). The molecule has 1 aromatic rings. The number of carbonyl (C=O) groups is 1. The van der Waals surface area contributed by atoms with Gasteiger partial charge in [-0.25, -0.2) is 0 Å². The van der Waals surface area contributed by atoms with Crippen molar-refractivity contribution in [2.45, 2.75) is 46.0 Å². The van der Waals surface area contributed by atoms with Gasteiger partial charge >= 0.3 is 0 Å². The molecule has 0 bridgehead atoms. The number of aromatic nitrogens is 1. The van der Waals surface area contributed by atoms with Gasteiger partial charge in [-0.15, -0.1) is 0 Å². The van der Waals surface area contributed by atoms with Crippen LogP contribution in [0.15, 0.2) is 18.3 Å². The first-order valence-electron chi connectivity index (χ1n) is 7.12. The number of hydrogen-bond acceptors (Lipinski definition) is 3. The number of rotatable bonds is 8. The summed E-state index contributed by atoms with van der Waals surface area (Å²) in [5.41, 5.74) is 6.94. The number of nitrogens with zero attached hydrogens (tertiary/aromatic N) is 1. The van der Waals surface area contributed by atoms with Crippen molar-refractivity contribution in [3.8, 4) is 0 Å². The second-order valence-corrected chi connectivity index (χ2v) is 4.98. The second kappa shape index (κ2) is 8.51. The summed E-state index contributed by atoms with van der Waals surface area (Å²) < 4.78 is 0. The van der Waals surface area contributed by atoms with Crippen LogP contribution >= 0.6 is 0 Å². The van der Waals surface area contributed by atoms with E-state index >= 15 is 0 Å². The Hall–Kier alpha value is -1.58. The molecule has 0 spiro atoms. The second-order valence-electron chi connectivity index (χ2n) is 4.98. The van der Waals surface area contributed by atoms with Gasteiger partial charge < -0.3 is 11.1 Å². The standard InChI is InChI=1S/C15H25N3O/c1-3-5-6-12(4-2)10-18-15(19)9-14-8-7-13(16)11-17-14/h7-8,11-12H,3-6,9-10,16H2,1-2H3,(H,18,19). The largest absolute Gasteiger partial charge is 0.397 e. The molecule has 4 nitrogen and oxygen atoms in total. The van der Waals surface area contributed by atoms with Crippen molar-refractivity contribution in [3.63, 3.8) is 0 Å². The van der Waals surface area contributed by atoms with Crippen molar-refractivity contribution in [1.29, 1.82) is 0 Å². The van der Waals surface area contributed by atoms with Crippen LogP contribution in [0.4, 0.5) is 5.69 Å². The van der Waals surface area contributed by atoms with E-state index in [9.17, 15) is 4.79 Å². The summed E-state index contributed by atoms with van der Waals surface area (Å²) in [7, 11) is 0. The van der Waals surface area contributed by atoms with Gasteiger partial charge in [-0.2, -0.15) is 0 Å². The molecule has 1 unspecified atom stereocenters. The van der Waals surface area contributed by atoms with E-state index in [4.69, 9.17) is 5.73 Å². The highest BCUT2D eigenvalue weighted by Gasteiger charge is 2.09. The molecule has 1 aromatic heterocycles. The lowest BCUT2D eigenvalue weighted by Gasteiger charge is -2.15. The molecule has 0 radical (unpaired) electrons. The molecular weight excluding hydrogens is 238 g/mol. The molecule has 0 aromatic carbocycles. The fraction of sp³-hybridized carbons (Fsp3) is 0.600. The predicted molar refractivity (Wildman–Crippen MR) is 78.7 cm³/mol. The van der Waals surface area contributed by atoms with Gasteiger partial charge in [0.25, 0.3) is 0 Å². The first-order valence-corrected chi connectivity index (χ1v) is 7.12. The highest BCUT2D eigenvalue weighted by atomic mass is 16.1. The topological polar surface area (TPSA) is 68.0 Å². The third kappa shape index (κ3) is 6.22. The van der Waals surface area contributed by atoms with Crippen molar-refractivity contribution < 1.29 is 4.79 Å². The summed E-state index contributed by atoms with van der Waals surface area (Å²) in [5, 5.41) is 3.00. The van der Waals surface area contributed by atoms with Crippen LogP contribution in [0.3, 0.4) is 0 Å². The molecule has 3 N–H and O–H groups in total. The molecule has 0 aliphatic heterocycles. The highest BCUT2D eigenvalue weighted by Crippen LogP contribution is 2.11. The fourth-order valence-electron chi connectivity index (χ4n) is 1.97. The van der Waals surface area contributed by atoms with Gasteiger partial charge in [-0.05, 0) is 24.5 Å². The summed E-state index contributed by atoms with van der Waals surface area (Å²) in [5.74, 6) is 0.621. The van der Waals surface area contributed by atoms with Crippen LogP contribution in [0.2, 0.25) is 0 Å². The minimum Gasteiger partial charge on any atom is -0.397 e. The zero-order valence-corrected chi connectivity index (χ0v) is 12.0. The molecular formula is C15H25N3O. The normalized spacial score (nSPS) is 12.1. The number of anilines is 1. The van der Waals surface area contributed by atoms with Crippen molar-refractivity contribution in [3.05, 3.63) is 24.0 Å². The Morgan fingerprint density at radius 3 is 2.79 bits per heavy atom. The number of carbonyl (C=O) groups excluding carboxylic acids is 1. The SMILES string of the molecule is CCCCC(CC)CNC(=O)Cc1ccc(N)cn1. The molecule has 0 saturated carbocycles. The average Bonchev–Trinajstić information content (AvgIpc) is 2.42.